The Morgan fingerprint density at radius 3 is 2.48 bits per heavy atom. The van der Waals surface area contributed by atoms with Gasteiger partial charge in [0.25, 0.3) is 0 Å². The normalized spacial score (nSPS) is 25.4. The molecule has 7 nitrogen and oxygen atoms in total. The second kappa shape index (κ2) is 6.13. The number of sulfonamides is 1. The van der Waals surface area contributed by atoms with Crippen LogP contribution in [0.3, 0.4) is 0 Å². The lowest BCUT2D eigenvalue weighted by Crippen LogP contribution is -2.56. The molecule has 2 aliphatic heterocycles. The average molecular weight is 383 g/mol. The van der Waals surface area contributed by atoms with Crippen molar-refractivity contribution in [1.29, 1.82) is 0 Å². The monoisotopic (exact) mass is 383 g/mol. The molecular weight excluding hydrogens is 363 g/mol. The minimum atomic E-state index is -4.38. The zero-order valence-electron chi connectivity index (χ0n) is 13.7. The number of nitrogen functional groups attached to an aromatic ring is 1. The highest BCUT2D eigenvalue weighted by atomic mass is 32.2. The van der Waals surface area contributed by atoms with Gasteiger partial charge >= 0.3 is 6.18 Å². The molecule has 1 aromatic heterocycles. The van der Waals surface area contributed by atoms with Crippen molar-refractivity contribution >= 4 is 15.8 Å². The molecule has 0 aromatic carbocycles. The van der Waals surface area contributed by atoms with E-state index in [9.17, 15) is 21.6 Å². The van der Waals surface area contributed by atoms with Crippen LogP contribution < -0.4 is 5.73 Å². The largest absolute Gasteiger partial charge is 0.392 e. The molecule has 0 radical (unpaired) electrons. The fourth-order valence-electron chi connectivity index (χ4n) is 3.94. The van der Waals surface area contributed by atoms with Crippen LogP contribution in [0, 0.1) is 18.3 Å². The predicted octanol–water partition coefficient (Wildman–Crippen LogP) is 1.93. The van der Waals surface area contributed by atoms with Crippen molar-refractivity contribution in [3.63, 3.8) is 0 Å². The number of piperidine rings is 1. The van der Waals surface area contributed by atoms with Crippen molar-refractivity contribution in [3.8, 4) is 0 Å². The number of aryl methyl sites for hydroxylation is 1. The predicted molar refractivity (Wildman–Crippen MR) is 81.1 cm³/mol. The standard InChI is InChI=1S/C14H20F3N3O4S/c1-9-11(12(18)19-24-9)25(21,22)20-5-2-10(14(15,16)17)13(8-20)3-6-23-7-4-13/h10H,2-8H2,1H3,(H2,18,19)/t10-/m1/s1. The highest BCUT2D eigenvalue weighted by molar-refractivity contribution is 7.89. The van der Waals surface area contributed by atoms with Gasteiger partial charge in [0.1, 0.15) is 0 Å². The summed E-state index contributed by atoms with van der Waals surface area (Å²) in [5.41, 5.74) is 4.41. The Kier molecular flexibility index (Phi) is 4.53. The fraction of sp³-hybridized carbons (Fsp3) is 0.786. The van der Waals surface area contributed by atoms with Crippen LogP contribution in [-0.2, 0) is 14.8 Å². The molecule has 25 heavy (non-hydrogen) atoms. The minimum absolute atomic E-state index is 0.0245. The molecule has 0 saturated carbocycles. The lowest BCUT2D eigenvalue weighted by Gasteiger charge is -2.50. The first-order valence-corrected chi connectivity index (χ1v) is 9.38. The lowest BCUT2D eigenvalue weighted by atomic mass is 9.66. The van der Waals surface area contributed by atoms with E-state index >= 15 is 0 Å². The van der Waals surface area contributed by atoms with E-state index in [0.29, 0.717) is 0 Å². The van der Waals surface area contributed by atoms with E-state index in [1.807, 2.05) is 0 Å². The number of nitrogens with two attached hydrogens (primary N) is 1. The first-order chi connectivity index (χ1) is 11.6. The van der Waals surface area contributed by atoms with E-state index in [4.69, 9.17) is 15.0 Å². The lowest BCUT2D eigenvalue weighted by molar-refractivity contribution is -0.231. The summed E-state index contributed by atoms with van der Waals surface area (Å²) in [7, 11) is -4.08. The van der Waals surface area contributed by atoms with Gasteiger partial charge in [-0.2, -0.15) is 17.5 Å². The number of anilines is 1. The van der Waals surface area contributed by atoms with Crippen LogP contribution in [0.15, 0.2) is 9.42 Å². The maximum absolute atomic E-state index is 13.5. The molecule has 0 bridgehead atoms. The Hall–Kier alpha value is -1.33. The zero-order chi connectivity index (χ0) is 18.5. The molecule has 11 heteroatoms. The molecule has 3 rings (SSSR count). The number of halogens is 3. The van der Waals surface area contributed by atoms with Crippen LogP contribution in [0.5, 0.6) is 0 Å². The van der Waals surface area contributed by atoms with Gasteiger partial charge in [0.05, 0.1) is 5.92 Å². The van der Waals surface area contributed by atoms with Crippen molar-refractivity contribution < 1.29 is 30.8 Å². The van der Waals surface area contributed by atoms with Gasteiger partial charge in [-0.05, 0) is 26.2 Å². The summed E-state index contributed by atoms with van der Waals surface area (Å²) in [6.07, 6.45) is -4.32. The van der Waals surface area contributed by atoms with Gasteiger partial charge < -0.3 is 15.0 Å². The van der Waals surface area contributed by atoms with Crippen LogP contribution in [-0.4, -0.2) is 50.4 Å². The third kappa shape index (κ3) is 3.13. The van der Waals surface area contributed by atoms with Crippen molar-refractivity contribution in [1.82, 2.24) is 9.46 Å². The summed E-state index contributed by atoms with van der Waals surface area (Å²) >= 11 is 0. The second-order valence-corrected chi connectivity index (χ2v) is 8.52. The number of hydrogen-bond acceptors (Lipinski definition) is 6. The molecular formula is C14H20F3N3O4S. The van der Waals surface area contributed by atoms with Gasteiger partial charge in [-0.3, -0.25) is 0 Å². The van der Waals surface area contributed by atoms with Gasteiger partial charge in [-0.15, -0.1) is 0 Å². The quantitative estimate of drug-likeness (QED) is 0.838. The number of aromatic nitrogens is 1. The minimum Gasteiger partial charge on any atom is -0.381 e. The Morgan fingerprint density at radius 1 is 1.32 bits per heavy atom. The molecule has 0 unspecified atom stereocenters. The van der Waals surface area contributed by atoms with Crippen LogP contribution in [0.2, 0.25) is 0 Å². The third-order valence-electron chi connectivity index (χ3n) is 5.21. The van der Waals surface area contributed by atoms with Crippen molar-refractivity contribution in [2.45, 2.75) is 37.3 Å². The Labute approximate surface area is 143 Å². The summed E-state index contributed by atoms with van der Waals surface area (Å²) in [5.74, 6) is -1.80. The van der Waals surface area contributed by atoms with Crippen molar-refractivity contribution in [3.05, 3.63) is 5.76 Å². The summed E-state index contributed by atoms with van der Waals surface area (Å²) < 4.78 is 77.5. The molecule has 0 amide bonds. The van der Waals surface area contributed by atoms with E-state index in [1.165, 1.54) is 6.92 Å². The van der Waals surface area contributed by atoms with Crippen LogP contribution in [0.4, 0.5) is 19.0 Å². The van der Waals surface area contributed by atoms with E-state index < -0.39 is 27.5 Å². The third-order valence-corrected chi connectivity index (χ3v) is 7.22. The molecule has 1 atom stereocenters. The van der Waals surface area contributed by atoms with Crippen molar-refractivity contribution in [2.24, 2.45) is 11.3 Å². The van der Waals surface area contributed by atoms with E-state index in [1.54, 1.807) is 0 Å². The molecule has 142 valence electrons. The highest BCUT2D eigenvalue weighted by Gasteiger charge is 2.57. The first-order valence-electron chi connectivity index (χ1n) is 7.94. The Bertz CT molecular complexity index is 721. The number of nitrogens with zero attached hydrogens (tertiary/aromatic N) is 2. The summed E-state index contributed by atoms with van der Waals surface area (Å²) in [4.78, 5) is -0.264. The Balaban J connectivity index is 1.96. The summed E-state index contributed by atoms with van der Waals surface area (Å²) in [5, 5.41) is 3.43. The molecule has 2 fully saturated rings. The van der Waals surface area contributed by atoms with Crippen LogP contribution >= 0.6 is 0 Å². The molecule has 3 heterocycles. The number of hydrogen-bond donors (Lipinski definition) is 1. The maximum atomic E-state index is 13.5. The summed E-state index contributed by atoms with van der Waals surface area (Å²) in [6, 6.07) is 0. The van der Waals surface area contributed by atoms with E-state index in [-0.39, 0.29) is 62.0 Å². The van der Waals surface area contributed by atoms with E-state index in [2.05, 4.69) is 5.16 Å². The molecule has 1 aromatic rings. The van der Waals surface area contributed by atoms with Gasteiger partial charge in [0.15, 0.2) is 16.5 Å². The van der Waals surface area contributed by atoms with Gasteiger partial charge in [-0.25, -0.2) is 8.42 Å². The summed E-state index contributed by atoms with van der Waals surface area (Å²) in [6.45, 7) is 1.35. The topological polar surface area (TPSA) is 98.7 Å². The zero-order valence-corrected chi connectivity index (χ0v) is 14.5. The van der Waals surface area contributed by atoms with Crippen LogP contribution in [0.25, 0.3) is 0 Å². The average Bonchev–Trinajstić information content (AvgIpc) is 2.86. The van der Waals surface area contributed by atoms with Crippen molar-refractivity contribution in [2.75, 3.05) is 32.0 Å². The molecule has 1 spiro atoms. The fourth-order valence-corrected chi connectivity index (χ4v) is 5.68. The molecule has 2 aliphatic rings. The molecule has 2 N–H and O–H groups in total. The number of rotatable bonds is 2. The Morgan fingerprint density at radius 2 is 1.96 bits per heavy atom. The highest BCUT2D eigenvalue weighted by Crippen LogP contribution is 2.51. The smallest absolute Gasteiger partial charge is 0.381 e. The SMILES string of the molecule is Cc1onc(N)c1S(=O)(=O)N1CC[C@@H](C(F)(F)F)C2(CCOCC2)C1. The maximum Gasteiger partial charge on any atom is 0.392 e. The van der Waals surface area contributed by atoms with Gasteiger partial charge in [0, 0.05) is 31.7 Å². The first kappa shape index (κ1) is 18.5. The second-order valence-electron chi connectivity index (χ2n) is 6.65. The van der Waals surface area contributed by atoms with Gasteiger partial charge in [0.2, 0.25) is 10.0 Å². The number of alkyl halides is 3. The van der Waals surface area contributed by atoms with Gasteiger partial charge in [-0.1, -0.05) is 5.16 Å². The molecule has 0 aliphatic carbocycles. The van der Waals surface area contributed by atoms with Crippen LogP contribution in [0.1, 0.15) is 25.0 Å². The van der Waals surface area contributed by atoms with E-state index in [0.717, 1.165) is 4.31 Å². The number of ether oxygens (including phenoxy) is 1. The molecule has 2 saturated heterocycles.